The molecule has 0 saturated heterocycles. The van der Waals surface area contributed by atoms with Crippen LogP contribution in [0.5, 0.6) is 0 Å². The zero-order valence-electron chi connectivity index (χ0n) is 7.27. The summed E-state index contributed by atoms with van der Waals surface area (Å²) in [7, 11) is 0. The number of hydrogen-bond donors (Lipinski definition) is 0. The van der Waals surface area contributed by atoms with Crippen LogP contribution in [-0.4, -0.2) is 18.4 Å². The van der Waals surface area contributed by atoms with Crippen molar-refractivity contribution in [1.29, 1.82) is 0 Å². The maximum Gasteiger partial charge on any atom is 0.245 e. The summed E-state index contributed by atoms with van der Waals surface area (Å²) >= 11 is 1.66. The van der Waals surface area contributed by atoms with Gasteiger partial charge < -0.3 is 0 Å². The van der Waals surface area contributed by atoms with E-state index in [2.05, 4.69) is 11.7 Å². The molecular weight excluding hydrogens is 182 g/mol. The van der Waals surface area contributed by atoms with Crippen LogP contribution in [0.3, 0.4) is 0 Å². The van der Waals surface area contributed by atoms with Crippen molar-refractivity contribution in [1.82, 2.24) is 0 Å². The molecule has 0 saturated carbocycles. The van der Waals surface area contributed by atoms with Crippen molar-refractivity contribution in [2.75, 3.05) is 5.75 Å². The van der Waals surface area contributed by atoms with Crippen LogP contribution in [-0.2, 0) is 4.79 Å². The first-order valence-electron chi connectivity index (χ1n) is 4.00. The predicted molar refractivity (Wildman–Crippen MR) is 56.3 cm³/mol. The molecule has 1 aromatic rings. The van der Waals surface area contributed by atoms with Crippen LogP contribution < -0.4 is 0 Å². The number of hydrogen-bond acceptors (Lipinski definition) is 2. The smallest absolute Gasteiger partial charge is 0.245 e. The molecule has 0 aliphatic carbocycles. The van der Waals surface area contributed by atoms with E-state index in [1.165, 1.54) is 4.90 Å². The Bertz CT molecular complexity index is 284. The van der Waals surface area contributed by atoms with E-state index >= 15 is 0 Å². The van der Waals surface area contributed by atoms with Gasteiger partial charge in [0.1, 0.15) is 0 Å². The average molecular weight is 193 g/mol. The first-order valence-corrected chi connectivity index (χ1v) is 4.99. The van der Waals surface area contributed by atoms with E-state index in [1.54, 1.807) is 11.8 Å². The number of nitrogens with zero attached hydrogens (tertiary/aromatic N) is 1. The Balaban J connectivity index is 2.28. The molecule has 0 heterocycles. The van der Waals surface area contributed by atoms with Gasteiger partial charge >= 0.3 is 0 Å². The quantitative estimate of drug-likeness (QED) is 0.543. The molecule has 3 heteroatoms. The third kappa shape index (κ3) is 3.90. The third-order valence-corrected chi connectivity index (χ3v) is 2.52. The summed E-state index contributed by atoms with van der Waals surface area (Å²) < 4.78 is 0. The molecule has 2 nitrogen and oxygen atoms in total. The summed E-state index contributed by atoms with van der Waals surface area (Å²) in [6, 6.07) is 9.99. The van der Waals surface area contributed by atoms with Gasteiger partial charge in [0, 0.05) is 17.1 Å². The minimum atomic E-state index is -0.136. The summed E-state index contributed by atoms with van der Waals surface area (Å²) in [4.78, 5) is 15.3. The van der Waals surface area contributed by atoms with E-state index in [0.717, 1.165) is 5.75 Å². The van der Waals surface area contributed by atoms with Crippen LogP contribution in [0.4, 0.5) is 0 Å². The van der Waals surface area contributed by atoms with E-state index in [4.69, 9.17) is 0 Å². The summed E-state index contributed by atoms with van der Waals surface area (Å²) in [6.45, 7) is 3.18. The Morgan fingerprint density at radius 2 is 2.08 bits per heavy atom. The highest BCUT2D eigenvalue weighted by atomic mass is 32.2. The highest BCUT2D eigenvalue weighted by Crippen LogP contribution is 2.17. The molecule has 1 aromatic carbocycles. The maximum atomic E-state index is 10.8. The number of aliphatic imine (C=N–C) groups is 1. The molecule has 0 atom stereocenters. The molecule has 1 amide bonds. The molecule has 0 unspecified atom stereocenters. The minimum absolute atomic E-state index is 0.136. The summed E-state index contributed by atoms with van der Waals surface area (Å²) in [5, 5.41) is 0. The van der Waals surface area contributed by atoms with Gasteiger partial charge in [0.2, 0.25) is 5.91 Å². The van der Waals surface area contributed by atoms with Crippen LogP contribution in [0.25, 0.3) is 0 Å². The van der Waals surface area contributed by atoms with Crippen molar-refractivity contribution in [3.05, 3.63) is 30.3 Å². The Labute approximate surface area is 82.1 Å². The summed E-state index contributed by atoms with van der Waals surface area (Å²) in [5.41, 5.74) is 0. The van der Waals surface area contributed by atoms with Gasteiger partial charge in [-0.05, 0) is 18.9 Å². The number of benzene rings is 1. The van der Waals surface area contributed by atoms with Gasteiger partial charge in [0.15, 0.2) is 0 Å². The SMILES string of the molecule is C=NC(=O)CCSc1ccccc1. The molecule has 13 heavy (non-hydrogen) atoms. The van der Waals surface area contributed by atoms with E-state index in [-0.39, 0.29) is 5.91 Å². The first-order chi connectivity index (χ1) is 6.33. The number of carbonyl (C=O) groups is 1. The van der Waals surface area contributed by atoms with Gasteiger partial charge in [-0.15, -0.1) is 11.8 Å². The van der Waals surface area contributed by atoms with Crippen LogP contribution >= 0.6 is 11.8 Å². The number of rotatable bonds is 4. The van der Waals surface area contributed by atoms with E-state index in [0.29, 0.717) is 6.42 Å². The van der Waals surface area contributed by atoms with Crippen LogP contribution in [0, 0.1) is 0 Å². The molecule has 0 fully saturated rings. The fourth-order valence-electron chi connectivity index (χ4n) is 0.852. The molecule has 0 N–H and O–H groups in total. The lowest BCUT2D eigenvalue weighted by atomic mass is 10.4. The van der Waals surface area contributed by atoms with Crippen molar-refractivity contribution < 1.29 is 4.79 Å². The Hall–Kier alpha value is -1.09. The minimum Gasteiger partial charge on any atom is -0.273 e. The second-order valence-electron chi connectivity index (χ2n) is 2.46. The molecular formula is C10H11NOS. The van der Waals surface area contributed by atoms with E-state index in [9.17, 15) is 4.79 Å². The van der Waals surface area contributed by atoms with Crippen LogP contribution in [0.1, 0.15) is 6.42 Å². The van der Waals surface area contributed by atoms with Crippen molar-refractivity contribution in [2.45, 2.75) is 11.3 Å². The number of carbonyl (C=O) groups excluding carboxylic acids is 1. The molecule has 1 rings (SSSR count). The lowest BCUT2D eigenvalue weighted by Crippen LogP contribution is -1.93. The van der Waals surface area contributed by atoms with Crippen LogP contribution in [0.15, 0.2) is 40.2 Å². The lowest BCUT2D eigenvalue weighted by molar-refractivity contribution is -0.117. The zero-order valence-corrected chi connectivity index (χ0v) is 8.09. The molecule has 0 spiro atoms. The topological polar surface area (TPSA) is 29.4 Å². The largest absolute Gasteiger partial charge is 0.273 e. The second-order valence-corrected chi connectivity index (χ2v) is 3.63. The van der Waals surface area contributed by atoms with E-state index in [1.807, 2.05) is 30.3 Å². The number of amides is 1. The van der Waals surface area contributed by atoms with Crippen molar-refractivity contribution in [3.63, 3.8) is 0 Å². The summed E-state index contributed by atoms with van der Waals surface area (Å²) in [6.07, 6.45) is 0.461. The van der Waals surface area contributed by atoms with Gasteiger partial charge in [-0.3, -0.25) is 4.79 Å². The normalized spacial score (nSPS) is 9.54. The maximum absolute atomic E-state index is 10.8. The third-order valence-electron chi connectivity index (χ3n) is 1.50. The van der Waals surface area contributed by atoms with Gasteiger partial charge in [-0.25, -0.2) is 4.99 Å². The van der Waals surface area contributed by atoms with Gasteiger partial charge in [0.05, 0.1) is 0 Å². The Kier molecular flexibility index (Phi) is 4.26. The highest BCUT2D eigenvalue weighted by molar-refractivity contribution is 7.99. The van der Waals surface area contributed by atoms with Crippen molar-refractivity contribution in [3.8, 4) is 0 Å². The predicted octanol–water partition coefficient (Wildman–Crippen LogP) is 2.40. The highest BCUT2D eigenvalue weighted by Gasteiger charge is 1.97. The summed E-state index contributed by atoms with van der Waals surface area (Å²) in [5.74, 6) is 0.630. The van der Waals surface area contributed by atoms with Crippen LogP contribution in [0.2, 0.25) is 0 Å². The van der Waals surface area contributed by atoms with E-state index < -0.39 is 0 Å². The monoisotopic (exact) mass is 193 g/mol. The van der Waals surface area contributed by atoms with Crippen molar-refractivity contribution in [2.24, 2.45) is 4.99 Å². The number of thioether (sulfide) groups is 1. The molecule has 0 radical (unpaired) electrons. The second kappa shape index (κ2) is 5.54. The fraction of sp³-hybridized carbons (Fsp3) is 0.200. The molecule has 68 valence electrons. The molecule has 0 aliphatic rings. The van der Waals surface area contributed by atoms with Crippen molar-refractivity contribution >= 4 is 24.4 Å². The average Bonchev–Trinajstić information content (AvgIpc) is 2.19. The zero-order chi connectivity index (χ0) is 9.52. The Morgan fingerprint density at radius 1 is 1.38 bits per heavy atom. The molecule has 0 aromatic heterocycles. The molecule has 0 aliphatic heterocycles. The van der Waals surface area contributed by atoms with Gasteiger partial charge in [0.25, 0.3) is 0 Å². The fourth-order valence-corrected chi connectivity index (χ4v) is 1.71. The first kappa shape index (κ1) is 9.99. The lowest BCUT2D eigenvalue weighted by Gasteiger charge is -1.97. The Morgan fingerprint density at radius 3 is 2.69 bits per heavy atom. The molecule has 0 bridgehead atoms. The standard InChI is InChI=1S/C10H11NOS/c1-11-10(12)7-8-13-9-5-3-2-4-6-9/h2-6H,1,7-8H2. The van der Waals surface area contributed by atoms with Gasteiger partial charge in [-0.1, -0.05) is 18.2 Å². The van der Waals surface area contributed by atoms with Gasteiger partial charge in [-0.2, -0.15) is 0 Å².